The number of likely N-dealkylation sites (N-methyl/N-ethyl adjacent to an activating group) is 1. The average Bonchev–Trinajstić information content (AvgIpc) is 2.28. The number of hydrogen-bond acceptors (Lipinski definition) is 3. The summed E-state index contributed by atoms with van der Waals surface area (Å²) in [4.78, 5) is 2.05. The third-order valence-corrected chi connectivity index (χ3v) is 2.41. The minimum atomic E-state index is 0.466. The highest BCUT2D eigenvalue weighted by atomic mass is 16.5. The molecule has 0 N–H and O–H groups in total. The van der Waals surface area contributed by atoms with Crippen molar-refractivity contribution in [2.24, 2.45) is 0 Å². The van der Waals surface area contributed by atoms with Crippen LogP contribution in [0.3, 0.4) is 0 Å². The Hall–Kier alpha value is -1.53. The van der Waals surface area contributed by atoms with Crippen molar-refractivity contribution in [2.75, 3.05) is 26.2 Å². The monoisotopic (exact) mass is 218 g/mol. The molecule has 0 heterocycles. The van der Waals surface area contributed by atoms with Crippen LogP contribution in [-0.4, -0.2) is 31.1 Å². The van der Waals surface area contributed by atoms with Gasteiger partial charge in [0.15, 0.2) is 0 Å². The molecular formula is C13H18N2O. The van der Waals surface area contributed by atoms with Crippen LogP contribution >= 0.6 is 0 Å². The second-order valence-electron chi connectivity index (χ2n) is 3.69. The molecule has 0 unspecified atom stereocenters. The Bertz CT molecular complexity index is 357. The van der Waals surface area contributed by atoms with E-state index in [0.717, 1.165) is 18.8 Å². The van der Waals surface area contributed by atoms with E-state index in [1.807, 2.05) is 38.1 Å². The molecule has 1 aromatic rings. The van der Waals surface area contributed by atoms with Crippen LogP contribution in [0.2, 0.25) is 0 Å². The lowest BCUT2D eigenvalue weighted by Crippen LogP contribution is -2.28. The SMILES string of the molecule is CCN(CC#N)CCOc1cccc(C)c1. The van der Waals surface area contributed by atoms with Crippen molar-refractivity contribution in [1.29, 1.82) is 5.26 Å². The average molecular weight is 218 g/mol. The molecule has 0 saturated carbocycles. The van der Waals surface area contributed by atoms with Crippen molar-refractivity contribution in [1.82, 2.24) is 4.90 Å². The van der Waals surface area contributed by atoms with Gasteiger partial charge in [-0.05, 0) is 31.2 Å². The Labute approximate surface area is 97.3 Å². The Kier molecular flexibility index (Phi) is 5.38. The van der Waals surface area contributed by atoms with Gasteiger partial charge in [-0.15, -0.1) is 0 Å². The summed E-state index contributed by atoms with van der Waals surface area (Å²) in [5, 5.41) is 8.59. The number of hydrogen-bond donors (Lipinski definition) is 0. The second-order valence-corrected chi connectivity index (χ2v) is 3.69. The zero-order valence-corrected chi connectivity index (χ0v) is 9.94. The third kappa shape index (κ3) is 4.33. The van der Waals surface area contributed by atoms with Gasteiger partial charge in [0, 0.05) is 6.54 Å². The van der Waals surface area contributed by atoms with Gasteiger partial charge in [-0.1, -0.05) is 19.1 Å². The van der Waals surface area contributed by atoms with Crippen LogP contribution in [0.25, 0.3) is 0 Å². The van der Waals surface area contributed by atoms with E-state index >= 15 is 0 Å². The highest BCUT2D eigenvalue weighted by molar-refractivity contribution is 5.27. The molecule has 0 spiro atoms. The van der Waals surface area contributed by atoms with Gasteiger partial charge in [-0.3, -0.25) is 4.90 Å². The van der Waals surface area contributed by atoms with Gasteiger partial charge in [0.2, 0.25) is 0 Å². The highest BCUT2D eigenvalue weighted by Crippen LogP contribution is 2.11. The molecule has 0 amide bonds. The minimum absolute atomic E-state index is 0.466. The molecule has 0 aliphatic rings. The smallest absolute Gasteiger partial charge is 0.119 e. The van der Waals surface area contributed by atoms with E-state index in [2.05, 4.69) is 11.0 Å². The Balaban J connectivity index is 2.32. The molecule has 0 aromatic heterocycles. The fourth-order valence-electron chi connectivity index (χ4n) is 1.45. The van der Waals surface area contributed by atoms with Gasteiger partial charge in [-0.25, -0.2) is 0 Å². The summed E-state index contributed by atoms with van der Waals surface area (Å²) in [7, 11) is 0. The second kappa shape index (κ2) is 6.86. The molecule has 0 aliphatic carbocycles. The summed E-state index contributed by atoms with van der Waals surface area (Å²) < 4.78 is 5.61. The predicted molar refractivity (Wildman–Crippen MR) is 64.4 cm³/mol. The number of benzene rings is 1. The lowest BCUT2D eigenvalue weighted by molar-refractivity contribution is 0.231. The molecule has 0 aliphatic heterocycles. The van der Waals surface area contributed by atoms with Crippen molar-refractivity contribution < 1.29 is 4.74 Å². The van der Waals surface area contributed by atoms with Gasteiger partial charge in [0.25, 0.3) is 0 Å². The first-order valence-corrected chi connectivity index (χ1v) is 5.55. The molecular weight excluding hydrogens is 200 g/mol. The van der Waals surface area contributed by atoms with E-state index in [4.69, 9.17) is 10.00 Å². The topological polar surface area (TPSA) is 36.3 Å². The summed E-state index contributed by atoms with van der Waals surface area (Å²) in [5.41, 5.74) is 1.20. The standard InChI is InChI=1S/C13H18N2O/c1-3-15(8-7-14)9-10-16-13-6-4-5-12(2)11-13/h4-6,11H,3,8-10H2,1-2H3. The molecule has 0 fully saturated rings. The van der Waals surface area contributed by atoms with Gasteiger partial charge in [-0.2, -0.15) is 5.26 Å². The first-order chi connectivity index (χ1) is 7.76. The van der Waals surface area contributed by atoms with E-state index in [0.29, 0.717) is 13.2 Å². The molecule has 1 aromatic carbocycles. The highest BCUT2D eigenvalue weighted by Gasteiger charge is 2.01. The fraction of sp³-hybridized carbons (Fsp3) is 0.462. The van der Waals surface area contributed by atoms with Crippen molar-refractivity contribution in [3.8, 4) is 11.8 Å². The Morgan fingerprint density at radius 1 is 1.44 bits per heavy atom. The number of rotatable bonds is 6. The van der Waals surface area contributed by atoms with E-state index in [1.165, 1.54) is 5.56 Å². The molecule has 0 saturated heterocycles. The first-order valence-electron chi connectivity index (χ1n) is 5.55. The summed E-state index contributed by atoms with van der Waals surface area (Å²) in [5.74, 6) is 0.896. The summed E-state index contributed by atoms with van der Waals surface area (Å²) in [6, 6.07) is 10.1. The Morgan fingerprint density at radius 2 is 2.25 bits per heavy atom. The van der Waals surface area contributed by atoms with E-state index < -0.39 is 0 Å². The molecule has 0 bridgehead atoms. The molecule has 86 valence electrons. The maximum atomic E-state index is 8.59. The van der Waals surface area contributed by atoms with E-state index in [9.17, 15) is 0 Å². The molecule has 0 atom stereocenters. The number of nitriles is 1. The Morgan fingerprint density at radius 3 is 2.88 bits per heavy atom. The van der Waals surface area contributed by atoms with Crippen LogP contribution in [0.4, 0.5) is 0 Å². The lowest BCUT2D eigenvalue weighted by Gasteiger charge is -2.16. The lowest BCUT2D eigenvalue weighted by atomic mass is 10.2. The summed E-state index contributed by atoms with van der Waals surface area (Å²) in [6.45, 7) is 6.85. The van der Waals surface area contributed by atoms with E-state index in [-0.39, 0.29) is 0 Å². The molecule has 16 heavy (non-hydrogen) atoms. The molecule has 1 rings (SSSR count). The third-order valence-electron chi connectivity index (χ3n) is 2.41. The number of ether oxygens (including phenoxy) is 1. The largest absolute Gasteiger partial charge is 0.492 e. The zero-order valence-electron chi connectivity index (χ0n) is 9.94. The van der Waals surface area contributed by atoms with Gasteiger partial charge < -0.3 is 4.74 Å². The van der Waals surface area contributed by atoms with Crippen LogP contribution in [0, 0.1) is 18.3 Å². The van der Waals surface area contributed by atoms with Crippen molar-refractivity contribution in [3.05, 3.63) is 29.8 Å². The maximum absolute atomic E-state index is 8.59. The van der Waals surface area contributed by atoms with Crippen LogP contribution in [0.1, 0.15) is 12.5 Å². The number of aryl methyl sites for hydroxylation is 1. The van der Waals surface area contributed by atoms with Crippen molar-refractivity contribution in [2.45, 2.75) is 13.8 Å². The normalized spacial score (nSPS) is 10.1. The van der Waals surface area contributed by atoms with Crippen molar-refractivity contribution >= 4 is 0 Å². The van der Waals surface area contributed by atoms with Crippen LogP contribution in [0.5, 0.6) is 5.75 Å². The molecule has 3 heteroatoms. The first kappa shape index (κ1) is 12.5. The summed E-state index contributed by atoms with van der Waals surface area (Å²) in [6.07, 6.45) is 0. The van der Waals surface area contributed by atoms with Gasteiger partial charge >= 0.3 is 0 Å². The summed E-state index contributed by atoms with van der Waals surface area (Å²) >= 11 is 0. The fourth-order valence-corrected chi connectivity index (χ4v) is 1.45. The predicted octanol–water partition coefficient (Wildman–Crippen LogP) is 2.22. The molecule has 3 nitrogen and oxygen atoms in total. The molecule has 0 radical (unpaired) electrons. The van der Waals surface area contributed by atoms with Gasteiger partial charge in [0.05, 0.1) is 12.6 Å². The van der Waals surface area contributed by atoms with Crippen LogP contribution in [-0.2, 0) is 0 Å². The zero-order chi connectivity index (χ0) is 11.8. The number of nitrogens with zero attached hydrogens (tertiary/aromatic N) is 2. The van der Waals surface area contributed by atoms with Crippen LogP contribution < -0.4 is 4.74 Å². The van der Waals surface area contributed by atoms with E-state index in [1.54, 1.807) is 0 Å². The van der Waals surface area contributed by atoms with Crippen molar-refractivity contribution in [3.63, 3.8) is 0 Å². The van der Waals surface area contributed by atoms with Crippen LogP contribution in [0.15, 0.2) is 24.3 Å². The minimum Gasteiger partial charge on any atom is -0.492 e. The quantitative estimate of drug-likeness (QED) is 0.687. The van der Waals surface area contributed by atoms with Gasteiger partial charge in [0.1, 0.15) is 12.4 Å². The maximum Gasteiger partial charge on any atom is 0.119 e.